The van der Waals surface area contributed by atoms with Gasteiger partial charge in [0.1, 0.15) is 0 Å². The summed E-state index contributed by atoms with van der Waals surface area (Å²) in [6.07, 6.45) is -1.40. The molecule has 0 atom stereocenters. The Bertz CT molecular complexity index is 1450. The number of likely N-dealkylation sites (tertiary alicyclic amines) is 1. The first-order valence-corrected chi connectivity index (χ1v) is 11.8. The number of halogens is 3. The molecule has 5 rings (SSSR count). The molecule has 1 amide bonds. The number of rotatable bonds is 6. The normalized spacial score (nSPS) is 14.7. The number of nitrogens with zero attached hydrogens (tertiary/aromatic N) is 4. The van der Waals surface area contributed by atoms with Crippen LogP contribution in [-0.2, 0) is 19.8 Å². The minimum atomic E-state index is -4.57. The molecule has 0 bridgehead atoms. The second-order valence-electron chi connectivity index (χ2n) is 9.46. The van der Waals surface area contributed by atoms with Crippen LogP contribution in [0.4, 0.5) is 18.9 Å². The highest BCUT2D eigenvalue weighted by atomic mass is 19.4. The molecule has 0 saturated carbocycles. The van der Waals surface area contributed by atoms with E-state index < -0.39 is 23.8 Å². The Morgan fingerprint density at radius 1 is 1.19 bits per heavy atom. The van der Waals surface area contributed by atoms with Gasteiger partial charge in [-0.15, -0.1) is 0 Å². The second-order valence-corrected chi connectivity index (χ2v) is 9.46. The van der Waals surface area contributed by atoms with Crippen LogP contribution in [0.5, 0.6) is 0 Å². The van der Waals surface area contributed by atoms with E-state index in [4.69, 9.17) is 0 Å². The first kappa shape index (κ1) is 24.8. The van der Waals surface area contributed by atoms with Crippen molar-refractivity contribution in [2.24, 2.45) is 7.05 Å². The molecule has 1 aliphatic rings. The first-order chi connectivity index (χ1) is 17.5. The van der Waals surface area contributed by atoms with Gasteiger partial charge < -0.3 is 10.4 Å². The fraction of sp³-hybridized carbons (Fsp3) is 0.308. The van der Waals surface area contributed by atoms with Gasteiger partial charge in [0.05, 0.1) is 35.4 Å². The van der Waals surface area contributed by atoms with Crippen LogP contribution in [0, 0.1) is 13.8 Å². The van der Waals surface area contributed by atoms with Gasteiger partial charge in [0, 0.05) is 49.2 Å². The van der Waals surface area contributed by atoms with E-state index in [1.807, 2.05) is 27.1 Å². The molecule has 2 aromatic heterocycles. The molecule has 4 aromatic rings. The van der Waals surface area contributed by atoms with Gasteiger partial charge in [0.2, 0.25) is 0 Å². The zero-order valence-electron chi connectivity index (χ0n) is 20.6. The lowest BCUT2D eigenvalue weighted by Crippen LogP contribution is -2.50. The SMILES string of the molecule is Cc1ccc(C(=O)Nc2ccc(CN3CC(O)C3)c(C(F)(F)F)c2)cc1-n1cc(-c2cnn(C)c2C)[nH]1. The molecule has 3 heterocycles. The molecule has 1 fully saturated rings. The standard InChI is InChI=1S/C26H27F3N6O2/c1-15-4-5-17(8-24(15)35-14-23(32-35)21-10-30-33(3)16(21)2)25(37)31-19-7-6-18(11-34-12-20(36)13-34)22(9-19)26(27,28)29/h4-10,14,20,32,36H,11-13H2,1-3H3,(H,31,37). The molecule has 194 valence electrons. The van der Waals surface area contributed by atoms with Crippen molar-refractivity contribution in [1.82, 2.24) is 24.5 Å². The summed E-state index contributed by atoms with van der Waals surface area (Å²) in [6, 6.07) is 8.92. The van der Waals surface area contributed by atoms with Crippen LogP contribution >= 0.6 is 0 Å². The zero-order valence-corrected chi connectivity index (χ0v) is 20.6. The van der Waals surface area contributed by atoms with Gasteiger partial charge in [-0.25, -0.2) is 0 Å². The van der Waals surface area contributed by atoms with Crippen molar-refractivity contribution in [3.05, 3.63) is 76.7 Å². The van der Waals surface area contributed by atoms with Gasteiger partial charge in [-0.1, -0.05) is 12.1 Å². The van der Waals surface area contributed by atoms with Crippen molar-refractivity contribution >= 4 is 11.6 Å². The maximum Gasteiger partial charge on any atom is 0.416 e. The Balaban J connectivity index is 1.35. The van der Waals surface area contributed by atoms with Crippen LogP contribution in [0.1, 0.15) is 32.7 Å². The number of benzene rings is 2. The van der Waals surface area contributed by atoms with Gasteiger partial charge in [-0.3, -0.25) is 24.2 Å². The number of anilines is 1. The van der Waals surface area contributed by atoms with Crippen LogP contribution < -0.4 is 5.32 Å². The number of β-amino-alcohol motifs (C(OH)–C–C–N with tert-alkyl or cyclic N) is 1. The zero-order chi connectivity index (χ0) is 26.5. The summed E-state index contributed by atoms with van der Waals surface area (Å²) in [5, 5.41) is 19.5. The third-order valence-corrected chi connectivity index (χ3v) is 6.76. The van der Waals surface area contributed by atoms with Crippen LogP contribution in [0.15, 0.2) is 48.8 Å². The number of carbonyl (C=O) groups is 1. The fourth-order valence-corrected chi connectivity index (χ4v) is 4.46. The molecule has 0 aliphatic carbocycles. The average Bonchev–Trinajstić information content (AvgIpc) is 3.11. The maximum absolute atomic E-state index is 13.7. The van der Waals surface area contributed by atoms with Crippen molar-refractivity contribution in [3.63, 3.8) is 0 Å². The highest BCUT2D eigenvalue weighted by Crippen LogP contribution is 2.35. The number of alkyl halides is 3. The summed E-state index contributed by atoms with van der Waals surface area (Å²) in [4.78, 5) is 14.7. The van der Waals surface area contributed by atoms with E-state index >= 15 is 0 Å². The topological polar surface area (TPSA) is 91.1 Å². The van der Waals surface area contributed by atoms with E-state index in [0.717, 1.165) is 34.3 Å². The molecule has 37 heavy (non-hydrogen) atoms. The van der Waals surface area contributed by atoms with Crippen molar-refractivity contribution in [2.75, 3.05) is 18.4 Å². The quantitative estimate of drug-likeness (QED) is 0.360. The Hall–Kier alpha value is -3.83. The lowest BCUT2D eigenvalue weighted by Gasteiger charge is -2.36. The number of hydrogen-bond donors (Lipinski definition) is 3. The molecule has 1 aliphatic heterocycles. The molecule has 8 nitrogen and oxygen atoms in total. The number of aromatic nitrogens is 4. The molecular weight excluding hydrogens is 485 g/mol. The van der Waals surface area contributed by atoms with E-state index in [0.29, 0.717) is 18.7 Å². The molecule has 0 spiro atoms. The highest BCUT2D eigenvalue weighted by Gasteiger charge is 2.35. The number of aliphatic hydroxyl groups is 1. The molecule has 0 radical (unpaired) electrons. The third kappa shape index (κ3) is 4.92. The van der Waals surface area contributed by atoms with E-state index in [9.17, 15) is 23.1 Å². The number of aliphatic hydroxyl groups excluding tert-OH is 1. The molecule has 0 unspecified atom stereocenters. The first-order valence-electron chi connectivity index (χ1n) is 11.8. The van der Waals surface area contributed by atoms with E-state index in [1.165, 1.54) is 12.1 Å². The number of amides is 1. The second kappa shape index (κ2) is 9.24. The van der Waals surface area contributed by atoms with Gasteiger partial charge >= 0.3 is 6.18 Å². The summed E-state index contributed by atoms with van der Waals surface area (Å²) >= 11 is 0. The van der Waals surface area contributed by atoms with Gasteiger partial charge in [-0.05, 0) is 49.2 Å². The summed E-state index contributed by atoms with van der Waals surface area (Å²) in [7, 11) is 1.87. The van der Waals surface area contributed by atoms with Gasteiger partial charge in [0.15, 0.2) is 0 Å². The van der Waals surface area contributed by atoms with Crippen molar-refractivity contribution in [2.45, 2.75) is 32.7 Å². The summed E-state index contributed by atoms with van der Waals surface area (Å²) in [5.41, 5.74) is 4.22. The largest absolute Gasteiger partial charge is 0.416 e. The van der Waals surface area contributed by atoms with Crippen molar-refractivity contribution < 1.29 is 23.1 Å². The fourth-order valence-electron chi connectivity index (χ4n) is 4.46. The minimum absolute atomic E-state index is 0.0585. The molecule has 3 N–H and O–H groups in total. The number of nitrogens with one attached hydrogen (secondary N) is 2. The predicted molar refractivity (Wildman–Crippen MR) is 132 cm³/mol. The Kier molecular flexibility index (Phi) is 6.20. The number of aromatic amines is 1. The van der Waals surface area contributed by atoms with Crippen LogP contribution in [0.3, 0.4) is 0 Å². The van der Waals surface area contributed by atoms with Crippen molar-refractivity contribution in [1.29, 1.82) is 0 Å². The number of hydrogen-bond acceptors (Lipinski definition) is 4. The van der Waals surface area contributed by atoms with Gasteiger partial charge in [0.25, 0.3) is 5.91 Å². The maximum atomic E-state index is 13.7. The lowest BCUT2D eigenvalue weighted by molar-refractivity contribution is -0.138. The predicted octanol–water partition coefficient (Wildman–Crippen LogP) is 4.27. The van der Waals surface area contributed by atoms with Crippen LogP contribution in [0.25, 0.3) is 16.9 Å². The molecular formula is C26H27F3N6O2. The average molecular weight is 513 g/mol. The van der Waals surface area contributed by atoms with Crippen LogP contribution in [-0.4, -0.2) is 54.7 Å². The van der Waals surface area contributed by atoms with E-state index in [-0.39, 0.29) is 17.8 Å². The molecule has 11 heteroatoms. The summed E-state index contributed by atoms with van der Waals surface area (Å²) in [6.45, 7) is 4.64. The number of carbonyl (C=O) groups excluding carboxylic acids is 1. The van der Waals surface area contributed by atoms with E-state index in [1.54, 1.807) is 38.7 Å². The summed E-state index contributed by atoms with van der Waals surface area (Å²) in [5.74, 6) is -0.513. The minimum Gasteiger partial charge on any atom is -0.390 e. The number of H-pyrrole nitrogens is 1. The van der Waals surface area contributed by atoms with E-state index in [2.05, 4.69) is 15.5 Å². The Morgan fingerprint density at radius 2 is 1.92 bits per heavy atom. The molecule has 1 saturated heterocycles. The third-order valence-electron chi connectivity index (χ3n) is 6.76. The molecule has 2 aromatic carbocycles. The Labute approximate surface area is 211 Å². The Morgan fingerprint density at radius 3 is 2.54 bits per heavy atom. The monoisotopic (exact) mass is 512 g/mol. The highest BCUT2D eigenvalue weighted by molar-refractivity contribution is 6.04. The van der Waals surface area contributed by atoms with Crippen LogP contribution in [0.2, 0.25) is 0 Å². The van der Waals surface area contributed by atoms with Gasteiger partial charge in [-0.2, -0.15) is 18.3 Å². The smallest absolute Gasteiger partial charge is 0.390 e. The van der Waals surface area contributed by atoms with Crippen molar-refractivity contribution in [3.8, 4) is 16.9 Å². The lowest BCUT2D eigenvalue weighted by atomic mass is 10.0. The number of aryl methyl sites for hydroxylation is 2. The summed E-state index contributed by atoms with van der Waals surface area (Å²) < 4.78 is 44.8.